The van der Waals surface area contributed by atoms with Gasteiger partial charge in [-0.25, -0.2) is 0 Å². The number of aromatic nitrogens is 1. The predicted octanol–water partition coefficient (Wildman–Crippen LogP) is 4.62. The van der Waals surface area contributed by atoms with E-state index in [2.05, 4.69) is 4.98 Å². The second-order valence-corrected chi connectivity index (χ2v) is 4.55. The van der Waals surface area contributed by atoms with Gasteiger partial charge in [-0.1, -0.05) is 40.9 Å². The fourth-order valence-corrected chi connectivity index (χ4v) is 2.05. The number of nitro groups is 1. The van der Waals surface area contributed by atoms with Crippen molar-refractivity contribution in [3.8, 4) is 11.1 Å². The van der Waals surface area contributed by atoms with Gasteiger partial charge in [0.15, 0.2) is 0 Å². The third-order valence-electron chi connectivity index (χ3n) is 2.28. The minimum absolute atomic E-state index is 0.227. The fraction of sp³-hybridized carbons (Fsp3) is 0. The highest BCUT2D eigenvalue weighted by Crippen LogP contribution is 2.37. The van der Waals surface area contributed by atoms with Gasteiger partial charge in [0.05, 0.1) is 15.1 Å². The van der Waals surface area contributed by atoms with Crippen LogP contribution >= 0.6 is 34.8 Å². The Bertz CT molecular complexity index is 614. The normalized spacial score (nSPS) is 10.4. The van der Waals surface area contributed by atoms with Crippen molar-refractivity contribution < 1.29 is 4.92 Å². The number of rotatable bonds is 2. The van der Waals surface area contributed by atoms with Crippen LogP contribution in [0.1, 0.15) is 0 Å². The average molecular weight is 304 g/mol. The van der Waals surface area contributed by atoms with Gasteiger partial charge in [0.1, 0.15) is 6.20 Å². The van der Waals surface area contributed by atoms with E-state index in [-0.39, 0.29) is 10.8 Å². The molecule has 0 radical (unpaired) electrons. The van der Waals surface area contributed by atoms with Gasteiger partial charge in [-0.3, -0.25) is 0 Å². The molecule has 2 rings (SSSR count). The van der Waals surface area contributed by atoms with Crippen molar-refractivity contribution in [3.63, 3.8) is 0 Å². The van der Waals surface area contributed by atoms with Crippen molar-refractivity contribution in [1.29, 1.82) is 0 Å². The molecule has 1 heterocycles. The van der Waals surface area contributed by atoms with E-state index in [4.69, 9.17) is 34.8 Å². The molecule has 0 bridgehead atoms. The van der Waals surface area contributed by atoms with Crippen LogP contribution in [0.5, 0.6) is 0 Å². The molecule has 92 valence electrons. The average Bonchev–Trinajstić information content (AvgIpc) is 2.36. The van der Waals surface area contributed by atoms with Crippen molar-refractivity contribution in [3.05, 3.63) is 55.6 Å². The van der Waals surface area contributed by atoms with Gasteiger partial charge in [0.2, 0.25) is 0 Å². The van der Waals surface area contributed by atoms with Gasteiger partial charge >= 0.3 is 5.82 Å². The Labute approximate surface area is 117 Å². The van der Waals surface area contributed by atoms with Crippen LogP contribution in [0, 0.1) is 10.1 Å². The van der Waals surface area contributed by atoms with Gasteiger partial charge in [0, 0.05) is 17.2 Å². The van der Waals surface area contributed by atoms with E-state index in [1.165, 1.54) is 12.3 Å². The Balaban J connectivity index is 2.49. The molecule has 0 saturated carbocycles. The zero-order valence-corrected chi connectivity index (χ0v) is 11.0. The Hall–Kier alpha value is -1.36. The Morgan fingerprint density at radius 1 is 1.06 bits per heavy atom. The molecule has 0 spiro atoms. The van der Waals surface area contributed by atoms with Gasteiger partial charge in [0.25, 0.3) is 0 Å². The van der Waals surface area contributed by atoms with E-state index in [9.17, 15) is 10.1 Å². The molecule has 18 heavy (non-hydrogen) atoms. The van der Waals surface area contributed by atoms with Crippen LogP contribution in [-0.4, -0.2) is 9.91 Å². The third-order valence-corrected chi connectivity index (χ3v) is 3.57. The molecule has 0 fully saturated rings. The third kappa shape index (κ3) is 2.41. The lowest BCUT2D eigenvalue weighted by atomic mass is 10.1. The Morgan fingerprint density at radius 2 is 1.78 bits per heavy atom. The molecule has 0 aliphatic rings. The summed E-state index contributed by atoms with van der Waals surface area (Å²) in [6.07, 6.45) is 1.36. The molecule has 4 nitrogen and oxygen atoms in total. The van der Waals surface area contributed by atoms with Crippen molar-refractivity contribution in [2.24, 2.45) is 0 Å². The summed E-state index contributed by atoms with van der Waals surface area (Å²) in [5.41, 5.74) is 1.25. The maximum absolute atomic E-state index is 10.5. The van der Waals surface area contributed by atoms with Crippen LogP contribution in [0.3, 0.4) is 0 Å². The quantitative estimate of drug-likeness (QED) is 0.462. The van der Waals surface area contributed by atoms with Gasteiger partial charge in [-0.15, -0.1) is 0 Å². The van der Waals surface area contributed by atoms with Crippen molar-refractivity contribution in [2.75, 3.05) is 0 Å². The summed E-state index contributed by atoms with van der Waals surface area (Å²) in [5, 5.41) is 11.4. The summed E-state index contributed by atoms with van der Waals surface area (Å²) < 4.78 is 0. The first-order valence-corrected chi connectivity index (χ1v) is 5.88. The van der Waals surface area contributed by atoms with Crippen molar-refractivity contribution >= 4 is 40.6 Å². The molecule has 0 N–H and O–H groups in total. The molecule has 1 aromatic carbocycles. The zero-order valence-electron chi connectivity index (χ0n) is 8.73. The maximum atomic E-state index is 10.5. The summed E-state index contributed by atoms with van der Waals surface area (Å²) in [6.45, 7) is 0. The fourth-order valence-electron chi connectivity index (χ4n) is 1.40. The highest BCUT2D eigenvalue weighted by atomic mass is 35.5. The first-order valence-electron chi connectivity index (χ1n) is 4.75. The van der Waals surface area contributed by atoms with Gasteiger partial charge in [-0.05, 0) is 22.0 Å². The topological polar surface area (TPSA) is 56.0 Å². The molecule has 7 heteroatoms. The standard InChI is InChI=1S/C11H5Cl3N2O2/c12-8-3-2-7(10(13)11(8)14)6-1-4-9(15-5-6)16(17)18/h1-5H. The van der Waals surface area contributed by atoms with E-state index >= 15 is 0 Å². The van der Waals surface area contributed by atoms with E-state index in [1.54, 1.807) is 18.2 Å². The highest BCUT2D eigenvalue weighted by Gasteiger charge is 2.13. The van der Waals surface area contributed by atoms with Gasteiger partial charge < -0.3 is 10.1 Å². The minimum Gasteiger partial charge on any atom is -0.358 e. The second kappa shape index (κ2) is 5.10. The highest BCUT2D eigenvalue weighted by molar-refractivity contribution is 6.49. The van der Waals surface area contributed by atoms with Crippen LogP contribution in [0.2, 0.25) is 15.1 Å². The lowest BCUT2D eigenvalue weighted by Gasteiger charge is -2.05. The molecule has 2 aromatic rings. The molecule has 1 aromatic heterocycles. The number of pyridine rings is 1. The Morgan fingerprint density at radius 3 is 2.33 bits per heavy atom. The maximum Gasteiger partial charge on any atom is 0.363 e. The van der Waals surface area contributed by atoms with Crippen LogP contribution in [0.4, 0.5) is 5.82 Å². The summed E-state index contributed by atoms with van der Waals surface area (Å²) in [4.78, 5) is 13.6. The van der Waals surface area contributed by atoms with Crippen molar-refractivity contribution in [2.45, 2.75) is 0 Å². The molecule has 0 atom stereocenters. The number of benzene rings is 1. The number of halogens is 3. The summed E-state index contributed by atoms with van der Waals surface area (Å²) >= 11 is 17.8. The molecule has 0 aliphatic carbocycles. The summed E-state index contributed by atoms with van der Waals surface area (Å²) in [5.74, 6) is -0.227. The first kappa shape index (κ1) is 13.1. The number of hydrogen-bond acceptors (Lipinski definition) is 3. The van der Waals surface area contributed by atoms with Crippen molar-refractivity contribution in [1.82, 2.24) is 4.98 Å². The van der Waals surface area contributed by atoms with E-state index in [0.29, 0.717) is 21.2 Å². The molecule has 0 amide bonds. The molecule has 0 unspecified atom stereocenters. The lowest BCUT2D eigenvalue weighted by Crippen LogP contribution is -1.91. The number of hydrogen-bond donors (Lipinski definition) is 0. The molecular formula is C11H5Cl3N2O2. The molecular weight excluding hydrogens is 298 g/mol. The summed E-state index contributed by atoms with van der Waals surface area (Å²) in [6, 6.07) is 6.14. The van der Waals surface area contributed by atoms with Crippen LogP contribution in [0.15, 0.2) is 30.5 Å². The van der Waals surface area contributed by atoms with E-state index in [0.717, 1.165) is 0 Å². The van der Waals surface area contributed by atoms with Crippen LogP contribution in [0.25, 0.3) is 11.1 Å². The molecule has 0 saturated heterocycles. The van der Waals surface area contributed by atoms with Crippen LogP contribution in [-0.2, 0) is 0 Å². The van der Waals surface area contributed by atoms with Crippen LogP contribution < -0.4 is 0 Å². The van der Waals surface area contributed by atoms with Gasteiger partial charge in [-0.2, -0.15) is 0 Å². The van der Waals surface area contributed by atoms with E-state index < -0.39 is 4.92 Å². The smallest absolute Gasteiger partial charge is 0.358 e. The monoisotopic (exact) mass is 302 g/mol. The number of nitrogens with zero attached hydrogens (tertiary/aromatic N) is 2. The zero-order chi connectivity index (χ0) is 13.3. The SMILES string of the molecule is O=[N+]([O-])c1ccc(-c2ccc(Cl)c(Cl)c2Cl)cn1. The second-order valence-electron chi connectivity index (χ2n) is 3.39. The summed E-state index contributed by atoms with van der Waals surface area (Å²) in [7, 11) is 0. The first-order chi connectivity index (χ1) is 8.50. The lowest BCUT2D eigenvalue weighted by molar-refractivity contribution is -0.389. The van der Waals surface area contributed by atoms with E-state index in [1.807, 2.05) is 0 Å². The molecule has 0 aliphatic heterocycles. The largest absolute Gasteiger partial charge is 0.363 e. The predicted molar refractivity (Wildman–Crippen MR) is 71.4 cm³/mol. The minimum atomic E-state index is -0.569. The Kier molecular flexibility index (Phi) is 3.71.